The van der Waals surface area contributed by atoms with Gasteiger partial charge in [-0.15, -0.1) is 11.3 Å². The lowest BCUT2D eigenvalue weighted by Gasteiger charge is -2.22. The van der Waals surface area contributed by atoms with Crippen molar-refractivity contribution in [3.8, 4) is 0 Å². The molecule has 4 aromatic rings. The fourth-order valence-electron chi connectivity index (χ4n) is 3.43. The molecule has 0 saturated carbocycles. The quantitative estimate of drug-likeness (QED) is 0.450. The van der Waals surface area contributed by atoms with Crippen molar-refractivity contribution < 1.29 is 9.59 Å². The Balaban J connectivity index is 1.63. The highest BCUT2D eigenvalue weighted by Gasteiger charge is 2.22. The van der Waals surface area contributed by atoms with E-state index < -0.39 is 17.4 Å². The number of nitrogens with two attached hydrogens (primary N) is 1. The molecule has 2 aromatic carbocycles. The second-order valence-electron chi connectivity index (χ2n) is 7.42. The molecule has 0 unspecified atom stereocenters. The summed E-state index contributed by atoms with van der Waals surface area (Å²) in [6.07, 6.45) is 3.75. The number of amides is 2. The fourth-order valence-corrected chi connectivity index (χ4v) is 4.40. The molecule has 0 aliphatic rings. The van der Waals surface area contributed by atoms with Gasteiger partial charge >= 0.3 is 0 Å². The second kappa shape index (κ2) is 9.57. The van der Waals surface area contributed by atoms with Crippen LogP contribution in [0, 0.1) is 0 Å². The molecule has 32 heavy (non-hydrogen) atoms. The van der Waals surface area contributed by atoms with Crippen molar-refractivity contribution in [2.24, 2.45) is 5.73 Å². The topological polar surface area (TPSA) is 97.8 Å². The van der Waals surface area contributed by atoms with Crippen molar-refractivity contribution in [1.29, 1.82) is 0 Å². The molecule has 0 bridgehead atoms. The summed E-state index contributed by atoms with van der Waals surface area (Å²) in [7, 11) is 0. The first-order valence-corrected chi connectivity index (χ1v) is 11.0. The fraction of sp³-hybridized carbons (Fsp3) is 0.167. The van der Waals surface area contributed by atoms with E-state index in [9.17, 15) is 14.4 Å². The zero-order valence-electron chi connectivity index (χ0n) is 17.3. The molecule has 8 heteroatoms. The summed E-state index contributed by atoms with van der Waals surface area (Å²) in [5.41, 5.74) is 6.85. The molecule has 4 rings (SSSR count). The number of carbonyl (C=O) groups is 2. The van der Waals surface area contributed by atoms with E-state index in [0.29, 0.717) is 11.4 Å². The number of nitrogens with zero attached hydrogens (tertiary/aromatic N) is 3. The summed E-state index contributed by atoms with van der Waals surface area (Å²) in [5, 5.41) is 0. The first-order chi connectivity index (χ1) is 15.5. The summed E-state index contributed by atoms with van der Waals surface area (Å²) in [5.74, 6) is -0.984. The Kier molecular flexibility index (Phi) is 6.42. The minimum Gasteiger partial charge on any atom is -0.370 e. The van der Waals surface area contributed by atoms with E-state index in [0.717, 1.165) is 16.0 Å². The van der Waals surface area contributed by atoms with Crippen LogP contribution in [0.2, 0.25) is 0 Å². The highest BCUT2D eigenvalue weighted by molar-refractivity contribution is 7.17. The molecule has 0 aliphatic carbocycles. The zero-order valence-corrected chi connectivity index (χ0v) is 18.1. The van der Waals surface area contributed by atoms with E-state index >= 15 is 0 Å². The van der Waals surface area contributed by atoms with Crippen LogP contribution in [-0.2, 0) is 17.8 Å². The first-order valence-electron chi connectivity index (χ1n) is 10.2. The van der Waals surface area contributed by atoms with Crippen LogP contribution in [0.1, 0.15) is 32.8 Å². The largest absolute Gasteiger partial charge is 0.370 e. The standard InChI is InChI=1S/C24H22N4O3S/c25-21(29)11-12-27(15-18-9-5-2-6-10-18)22(30)20-14-26-24-28(23(20)31)16-19(32-24)13-17-7-3-1-4-8-17/h1-10,14,16H,11-13,15H2,(H2,25,29). The molecule has 0 aliphatic heterocycles. The van der Waals surface area contributed by atoms with Crippen molar-refractivity contribution in [2.45, 2.75) is 19.4 Å². The Labute approximate surface area is 188 Å². The lowest BCUT2D eigenvalue weighted by atomic mass is 10.1. The van der Waals surface area contributed by atoms with E-state index in [4.69, 9.17) is 5.73 Å². The van der Waals surface area contributed by atoms with Gasteiger partial charge in [0.15, 0.2) is 4.96 Å². The minimum absolute atomic E-state index is 0.00918. The molecule has 0 fully saturated rings. The summed E-state index contributed by atoms with van der Waals surface area (Å²) < 4.78 is 1.42. The molecular formula is C24H22N4O3S. The van der Waals surface area contributed by atoms with Crippen LogP contribution >= 0.6 is 11.3 Å². The van der Waals surface area contributed by atoms with Gasteiger partial charge in [0.1, 0.15) is 5.56 Å². The minimum atomic E-state index is -0.510. The smallest absolute Gasteiger partial charge is 0.271 e. The van der Waals surface area contributed by atoms with Gasteiger partial charge in [0.05, 0.1) is 0 Å². The number of primary amides is 1. The van der Waals surface area contributed by atoms with Gasteiger partial charge < -0.3 is 10.6 Å². The molecule has 0 spiro atoms. The maximum Gasteiger partial charge on any atom is 0.271 e. The predicted molar refractivity (Wildman–Crippen MR) is 124 cm³/mol. The van der Waals surface area contributed by atoms with E-state index in [2.05, 4.69) is 4.98 Å². The normalized spacial score (nSPS) is 10.9. The van der Waals surface area contributed by atoms with Crippen molar-refractivity contribution in [3.05, 3.63) is 105 Å². The molecule has 2 N–H and O–H groups in total. The van der Waals surface area contributed by atoms with Crippen molar-refractivity contribution >= 4 is 28.1 Å². The van der Waals surface area contributed by atoms with E-state index in [1.807, 2.05) is 60.7 Å². The van der Waals surface area contributed by atoms with E-state index in [1.54, 1.807) is 6.20 Å². The number of benzene rings is 2. The molecule has 0 atom stereocenters. The Morgan fingerprint density at radius 3 is 2.31 bits per heavy atom. The molecule has 7 nitrogen and oxygen atoms in total. The molecule has 2 amide bonds. The number of hydrogen-bond donors (Lipinski definition) is 1. The van der Waals surface area contributed by atoms with Gasteiger partial charge in [-0.2, -0.15) is 0 Å². The lowest BCUT2D eigenvalue weighted by molar-refractivity contribution is -0.118. The average Bonchev–Trinajstić information content (AvgIpc) is 3.21. The van der Waals surface area contributed by atoms with Gasteiger partial charge in [0.2, 0.25) is 5.91 Å². The van der Waals surface area contributed by atoms with Crippen LogP contribution in [0.15, 0.2) is 77.9 Å². The predicted octanol–water partition coefficient (Wildman–Crippen LogP) is 2.86. The maximum atomic E-state index is 13.2. The van der Waals surface area contributed by atoms with Gasteiger partial charge in [-0.3, -0.25) is 18.8 Å². The van der Waals surface area contributed by atoms with Crippen LogP contribution in [0.5, 0.6) is 0 Å². The zero-order chi connectivity index (χ0) is 22.5. The molecular weight excluding hydrogens is 424 g/mol. The van der Waals surface area contributed by atoms with Crippen molar-refractivity contribution in [3.63, 3.8) is 0 Å². The molecule has 162 valence electrons. The van der Waals surface area contributed by atoms with Gasteiger partial charge in [0.25, 0.3) is 11.5 Å². The molecule has 0 radical (unpaired) electrons. The number of hydrogen-bond acceptors (Lipinski definition) is 5. The SMILES string of the molecule is NC(=O)CCN(Cc1ccccc1)C(=O)c1cnc2sc(Cc3ccccc3)cn2c1=O. The summed E-state index contributed by atoms with van der Waals surface area (Å²) in [6, 6.07) is 19.3. The van der Waals surface area contributed by atoms with Crippen LogP contribution in [0.3, 0.4) is 0 Å². The average molecular weight is 447 g/mol. The van der Waals surface area contributed by atoms with Crippen LogP contribution in [0.25, 0.3) is 4.96 Å². The summed E-state index contributed by atoms with van der Waals surface area (Å²) in [4.78, 5) is 45.0. The maximum absolute atomic E-state index is 13.2. The number of thiazole rings is 1. The van der Waals surface area contributed by atoms with Crippen LogP contribution < -0.4 is 11.3 Å². The van der Waals surface area contributed by atoms with E-state index in [-0.39, 0.29) is 25.1 Å². The Morgan fingerprint density at radius 2 is 1.66 bits per heavy atom. The monoisotopic (exact) mass is 446 g/mol. The Hall–Kier alpha value is -3.78. The van der Waals surface area contributed by atoms with Crippen LogP contribution in [0.4, 0.5) is 0 Å². The number of carbonyl (C=O) groups excluding carboxylic acids is 2. The molecule has 2 aromatic heterocycles. The van der Waals surface area contributed by atoms with Gasteiger partial charge in [-0.25, -0.2) is 4.98 Å². The van der Waals surface area contributed by atoms with Crippen LogP contribution in [-0.4, -0.2) is 32.6 Å². The highest BCUT2D eigenvalue weighted by atomic mass is 32.1. The molecule has 2 heterocycles. The van der Waals surface area contributed by atoms with Gasteiger partial charge in [-0.05, 0) is 11.1 Å². The second-order valence-corrected chi connectivity index (χ2v) is 8.51. The summed E-state index contributed by atoms with van der Waals surface area (Å²) in [6.45, 7) is 0.381. The van der Waals surface area contributed by atoms with E-state index in [1.165, 1.54) is 26.8 Å². The number of aromatic nitrogens is 2. The number of rotatable bonds is 8. The summed E-state index contributed by atoms with van der Waals surface area (Å²) >= 11 is 1.42. The number of fused-ring (bicyclic) bond motifs is 1. The Bertz CT molecular complexity index is 1300. The third-order valence-corrected chi connectivity index (χ3v) is 6.03. The Morgan fingerprint density at radius 1 is 1.00 bits per heavy atom. The molecule has 0 saturated heterocycles. The lowest BCUT2D eigenvalue weighted by Crippen LogP contribution is -2.37. The third kappa shape index (κ3) is 4.92. The van der Waals surface area contributed by atoms with Gasteiger partial charge in [-0.1, -0.05) is 60.7 Å². The van der Waals surface area contributed by atoms with Gasteiger partial charge in [0, 0.05) is 43.2 Å². The van der Waals surface area contributed by atoms with Crippen molar-refractivity contribution in [1.82, 2.24) is 14.3 Å². The highest BCUT2D eigenvalue weighted by Crippen LogP contribution is 2.19. The van der Waals surface area contributed by atoms with Crippen molar-refractivity contribution in [2.75, 3.05) is 6.54 Å². The third-order valence-electron chi connectivity index (χ3n) is 5.04. The first kappa shape index (κ1) is 21.5.